The highest BCUT2D eigenvalue weighted by Crippen LogP contribution is 2.38. The van der Waals surface area contributed by atoms with E-state index in [1.165, 1.54) is 5.56 Å². The Labute approximate surface area is 101 Å². The average molecular weight is 227 g/mol. The van der Waals surface area contributed by atoms with Crippen LogP contribution >= 0.6 is 0 Å². The number of rotatable bonds is 0. The Morgan fingerprint density at radius 3 is 2.76 bits per heavy atom. The van der Waals surface area contributed by atoms with Crippen LogP contribution in [0.3, 0.4) is 0 Å². The fourth-order valence-electron chi connectivity index (χ4n) is 2.93. The van der Waals surface area contributed by atoms with E-state index in [2.05, 4.69) is 31.8 Å². The van der Waals surface area contributed by atoms with E-state index in [1.807, 2.05) is 12.1 Å². The Morgan fingerprint density at radius 2 is 2.00 bits per heavy atom. The number of carbonyl (C=O) groups excluding carboxylic acids is 1. The first-order valence-electron chi connectivity index (χ1n) is 6.11. The third kappa shape index (κ3) is 1.51. The first kappa shape index (κ1) is 10.6. The predicted octanol–water partition coefficient (Wildman–Crippen LogP) is 3.63. The fourth-order valence-corrected chi connectivity index (χ4v) is 2.93. The van der Waals surface area contributed by atoms with Gasteiger partial charge in [0.2, 0.25) is 0 Å². The van der Waals surface area contributed by atoms with Gasteiger partial charge in [-0.1, -0.05) is 32.0 Å². The molecule has 88 valence electrons. The third-order valence-corrected chi connectivity index (χ3v) is 3.69. The summed E-state index contributed by atoms with van der Waals surface area (Å²) in [5, 5.41) is 1.10. The van der Waals surface area contributed by atoms with Crippen LogP contribution in [-0.2, 0) is 6.42 Å². The van der Waals surface area contributed by atoms with E-state index in [0.29, 0.717) is 6.42 Å². The Kier molecular flexibility index (Phi) is 2.00. The number of Topliss-reactive ketones (excluding diaryl/α,β-unsaturated/α-hetero) is 1. The van der Waals surface area contributed by atoms with E-state index < -0.39 is 0 Å². The fraction of sp³-hybridized carbons (Fsp3) is 0.400. The maximum absolute atomic E-state index is 12.3. The van der Waals surface area contributed by atoms with Crippen molar-refractivity contribution in [1.29, 1.82) is 0 Å². The van der Waals surface area contributed by atoms with Crippen LogP contribution in [0.25, 0.3) is 10.9 Å². The summed E-state index contributed by atoms with van der Waals surface area (Å²) in [5.41, 5.74) is 4.48. The Bertz CT molecular complexity index is 619. The molecule has 0 aliphatic heterocycles. The van der Waals surface area contributed by atoms with Crippen LogP contribution in [0, 0.1) is 12.3 Å². The summed E-state index contributed by atoms with van der Waals surface area (Å²) >= 11 is 0. The Hall–Kier alpha value is -1.57. The maximum atomic E-state index is 12.3. The van der Waals surface area contributed by atoms with Crippen molar-refractivity contribution in [3.63, 3.8) is 0 Å². The molecule has 0 atom stereocenters. The second kappa shape index (κ2) is 3.22. The largest absolute Gasteiger partial charge is 0.358 e. The molecule has 0 radical (unpaired) electrons. The number of aromatic amines is 1. The van der Waals surface area contributed by atoms with Crippen LogP contribution in [0.1, 0.15) is 41.9 Å². The van der Waals surface area contributed by atoms with Gasteiger partial charge in [-0.05, 0) is 24.3 Å². The molecule has 0 fully saturated rings. The van der Waals surface area contributed by atoms with Gasteiger partial charge in [0.1, 0.15) is 0 Å². The number of aryl methyl sites for hydroxylation is 1. The Morgan fingerprint density at radius 1 is 1.24 bits per heavy atom. The van der Waals surface area contributed by atoms with E-state index in [-0.39, 0.29) is 11.2 Å². The lowest BCUT2D eigenvalue weighted by Gasteiger charge is -2.28. The van der Waals surface area contributed by atoms with E-state index in [1.54, 1.807) is 0 Å². The minimum atomic E-state index is 0.0822. The van der Waals surface area contributed by atoms with Crippen LogP contribution < -0.4 is 0 Å². The molecule has 1 aromatic carbocycles. The molecule has 2 aromatic rings. The highest BCUT2D eigenvalue weighted by molar-refractivity contribution is 6.10. The van der Waals surface area contributed by atoms with Crippen molar-refractivity contribution < 1.29 is 4.79 Å². The molecule has 1 aliphatic carbocycles. The quantitative estimate of drug-likeness (QED) is 0.732. The number of H-pyrrole nitrogens is 1. The van der Waals surface area contributed by atoms with Crippen molar-refractivity contribution in [1.82, 2.24) is 4.98 Å². The summed E-state index contributed by atoms with van der Waals surface area (Å²) in [6.45, 7) is 6.40. The number of fused-ring (bicyclic) bond motifs is 3. The molecule has 0 unspecified atom stereocenters. The first-order chi connectivity index (χ1) is 7.98. The highest BCUT2D eigenvalue weighted by Gasteiger charge is 2.33. The highest BCUT2D eigenvalue weighted by atomic mass is 16.1. The third-order valence-electron chi connectivity index (χ3n) is 3.69. The smallest absolute Gasteiger partial charge is 0.165 e. The average Bonchev–Trinajstić information content (AvgIpc) is 2.55. The zero-order chi connectivity index (χ0) is 12.2. The second-order valence-corrected chi connectivity index (χ2v) is 5.92. The van der Waals surface area contributed by atoms with Gasteiger partial charge < -0.3 is 4.98 Å². The zero-order valence-corrected chi connectivity index (χ0v) is 10.6. The molecule has 1 N–H and O–H groups in total. The number of nitrogens with one attached hydrogen (secondary N) is 1. The molecular weight excluding hydrogens is 210 g/mol. The molecule has 0 saturated carbocycles. The number of aromatic nitrogens is 1. The molecule has 1 heterocycles. The number of carbonyl (C=O) groups is 1. The summed E-state index contributed by atoms with van der Waals surface area (Å²) in [6.07, 6.45) is 1.61. The lowest BCUT2D eigenvalue weighted by atomic mass is 9.76. The monoisotopic (exact) mass is 227 g/mol. The summed E-state index contributed by atoms with van der Waals surface area (Å²) in [4.78, 5) is 15.7. The summed E-state index contributed by atoms with van der Waals surface area (Å²) in [7, 11) is 0. The SMILES string of the molecule is Cc1cccc2c3c([nH]c12)CC(C)(C)CC3=O. The predicted molar refractivity (Wildman–Crippen MR) is 69.5 cm³/mol. The summed E-state index contributed by atoms with van der Waals surface area (Å²) < 4.78 is 0. The molecule has 1 aliphatic rings. The van der Waals surface area contributed by atoms with Crippen LogP contribution in [0.2, 0.25) is 0 Å². The normalized spacial score (nSPS) is 18.4. The molecule has 0 spiro atoms. The van der Waals surface area contributed by atoms with Crippen LogP contribution in [0.15, 0.2) is 18.2 Å². The van der Waals surface area contributed by atoms with Gasteiger partial charge in [0.15, 0.2) is 5.78 Å². The van der Waals surface area contributed by atoms with Gasteiger partial charge in [-0.25, -0.2) is 0 Å². The number of ketones is 1. The number of hydrogen-bond donors (Lipinski definition) is 1. The molecule has 0 bridgehead atoms. The zero-order valence-electron chi connectivity index (χ0n) is 10.6. The van der Waals surface area contributed by atoms with Crippen molar-refractivity contribution in [2.45, 2.75) is 33.6 Å². The van der Waals surface area contributed by atoms with Gasteiger partial charge >= 0.3 is 0 Å². The van der Waals surface area contributed by atoms with Crippen molar-refractivity contribution in [2.24, 2.45) is 5.41 Å². The van der Waals surface area contributed by atoms with Crippen LogP contribution in [-0.4, -0.2) is 10.8 Å². The van der Waals surface area contributed by atoms with E-state index in [0.717, 1.165) is 28.6 Å². The van der Waals surface area contributed by atoms with Crippen molar-refractivity contribution in [2.75, 3.05) is 0 Å². The van der Waals surface area contributed by atoms with Crippen molar-refractivity contribution in [3.05, 3.63) is 35.0 Å². The second-order valence-electron chi connectivity index (χ2n) is 5.92. The minimum Gasteiger partial charge on any atom is -0.358 e. The van der Waals surface area contributed by atoms with Gasteiger partial charge in [0.25, 0.3) is 0 Å². The molecule has 0 saturated heterocycles. The molecule has 0 amide bonds. The molecule has 2 heteroatoms. The lowest BCUT2D eigenvalue weighted by Crippen LogP contribution is -2.26. The van der Waals surface area contributed by atoms with E-state index in [9.17, 15) is 4.79 Å². The van der Waals surface area contributed by atoms with Crippen molar-refractivity contribution >= 4 is 16.7 Å². The van der Waals surface area contributed by atoms with Crippen LogP contribution in [0.4, 0.5) is 0 Å². The standard InChI is InChI=1S/C15H17NO/c1-9-5-4-6-10-13-11(16-14(9)10)7-15(2,3)8-12(13)17/h4-6,16H,7-8H2,1-3H3. The lowest BCUT2D eigenvalue weighted by molar-refractivity contribution is 0.0913. The van der Waals surface area contributed by atoms with Gasteiger partial charge in [-0.15, -0.1) is 0 Å². The van der Waals surface area contributed by atoms with Crippen LogP contribution in [0.5, 0.6) is 0 Å². The number of benzene rings is 1. The van der Waals surface area contributed by atoms with Crippen molar-refractivity contribution in [3.8, 4) is 0 Å². The topological polar surface area (TPSA) is 32.9 Å². The number of para-hydroxylation sites is 1. The molecule has 2 nitrogen and oxygen atoms in total. The van der Waals surface area contributed by atoms with Gasteiger partial charge in [-0.3, -0.25) is 4.79 Å². The van der Waals surface area contributed by atoms with Gasteiger partial charge in [0, 0.05) is 28.6 Å². The summed E-state index contributed by atoms with van der Waals surface area (Å²) in [5.74, 6) is 0.285. The van der Waals surface area contributed by atoms with E-state index in [4.69, 9.17) is 0 Å². The molecule has 17 heavy (non-hydrogen) atoms. The minimum absolute atomic E-state index is 0.0822. The van der Waals surface area contributed by atoms with Gasteiger partial charge in [-0.2, -0.15) is 0 Å². The Balaban J connectivity index is 2.32. The maximum Gasteiger partial charge on any atom is 0.165 e. The van der Waals surface area contributed by atoms with Gasteiger partial charge in [0.05, 0.1) is 0 Å². The molecule has 1 aromatic heterocycles. The molecular formula is C15H17NO. The molecule has 3 rings (SSSR count). The summed E-state index contributed by atoms with van der Waals surface area (Å²) in [6, 6.07) is 6.16. The number of hydrogen-bond acceptors (Lipinski definition) is 1. The first-order valence-corrected chi connectivity index (χ1v) is 6.11. The van der Waals surface area contributed by atoms with E-state index >= 15 is 0 Å².